The van der Waals surface area contributed by atoms with Crippen LogP contribution >= 0.6 is 0 Å². The topological polar surface area (TPSA) is 20.3 Å². The maximum atomic E-state index is 11.3. The molecule has 0 aromatic carbocycles. The molecule has 0 unspecified atom stereocenters. The van der Waals surface area contributed by atoms with E-state index in [0.29, 0.717) is 11.8 Å². The summed E-state index contributed by atoms with van der Waals surface area (Å²) < 4.78 is 0. The van der Waals surface area contributed by atoms with Crippen molar-refractivity contribution in [3.8, 4) is 0 Å². The van der Waals surface area contributed by atoms with Crippen molar-refractivity contribution in [2.45, 2.75) is 39.5 Å². The molecule has 1 aliphatic carbocycles. The number of hydrogen-bond donors (Lipinski definition) is 0. The van der Waals surface area contributed by atoms with E-state index < -0.39 is 0 Å². The van der Waals surface area contributed by atoms with Gasteiger partial charge in [-0.1, -0.05) is 13.8 Å². The Morgan fingerprint density at radius 2 is 1.67 bits per heavy atom. The van der Waals surface area contributed by atoms with E-state index >= 15 is 0 Å². The Morgan fingerprint density at radius 1 is 1.17 bits per heavy atom. The van der Waals surface area contributed by atoms with Gasteiger partial charge in [0.2, 0.25) is 5.91 Å². The minimum absolute atomic E-state index is 0.428. The molecule has 70 valence electrons. The second-order valence-corrected chi connectivity index (χ2v) is 3.31. The van der Waals surface area contributed by atoms with Crippen molar-refractivity contribution in [3.05, 3.63) is 0 Å². The monoisotopic (exact) mass is 169 g/mol. The quantitative estimate of drug-likeness (QED) is 0.588. The number of rotatable bonds is 1. The van der Waals surface area contributed by atoms with E-state index in [1.807, 2.05) is 18.7 Å². The number of likely N-dealkylation sites (tertiary alicyclic amines) is 1. The predicted octanol–water partition coefficient (Wildman–Crippen LogP) is 2.04. The molecule has 0 aromatic rings. The molecule has 1 amide bonds. The molecular weight excluding hydrogens is 150 g/mol. The molecule has 0 radical (unpaired) electrons. The predicted molar refractivity (Wildman–Crippen MR) is 49.9 cm³/mol. The van der Waals surface area contributed by atoms with Gasteiger partial charge in [-0.2, -0.15) is 0 Å². The lowest BCUT2D eigenvalue weighted by atomic mass is 10.3. The van der Waals surface area contributed by atoms with Gasteiger partial charge >= 0.3 is 0 Å². The van der Waals surface area contributed by atoms with Gasteiger partial charge in [0.25, 0.3) is 0 Å². The van der Waals surface area contributed by atoms with Crippen LogP contribution in [0.5, 0.6) is 0 Å². The first-order chi connectivity index (χ1) is 5.88. The Kier molecular flexibility index (Phi) is 3.57. The number of hydrogen-bond acceptors (Lipinski definition) is 1. The minimum Gasteiger partial charge on any atom is -0.342 e. The van der Waals surface area contributed by atoms with Crippen LogP contribution in [0.15, 0.2) is 0 Å². The zero-order valence-electron chi connectivity index (χ0n) is 8.18. The summed E-state index contributed by atoms with van der Waals surface area (Å²) in [4.78, 5) is 13.4. The summed E-state index contributed by atoms with van der Waals surface area (Å²) in [7, 11) is 0. The zero-order chi connectivity index (χ0) is 8.97. The van der Waals surface area contributed by atoms with Crippen molar-refractivity contribution in [2.24, 2.45) is 5.92 Å². The van der Waals surface area contributed by atoms with E-state index in [4.69, 9.17) is 0 Å². The van der Waals surface area contributed by atoms with E-state index in [9.17, 15) is 4.79 Å². The lowest BCUT2D eigenvalue weighted by Crippen LogP contribution is -2.28. The SMILES string of the molecule is CC.O=C(C1CC1)N1CCCC1. The molecule has 2 nitrogen and oxygen atoms in total. The fourth-order valence-corrected chi connectivity index (χ4v) is 1.53. The van der Waals surface area contributed by atoms with Crippen LogP contribution in [-0.2, 0) is 4.79 Å². The molecule has 0 aromatic heterocycles. The Labute approximate surface area is 74.9 Å². The van der Waals surface area contributed by atoms with Gasteiger partial charge in [0.1, 0.15) is 0 Å². The number of nitrogens with zero attached hydrogens (tertiary/aromatic N) is 1. The van der Waals surface area contributed by atoms with Crippen molar-refractivity contribution in [3.63, 3.8) is 0 Å². The Bertz CT molecular complexity index is 146. The maximum Gasteiger partial charge on any atom is 0.225 e. The fraction of sp³-hybridized carbons (Fsp3) is 0.900. The molecule has 2 aliphatic rings. The standard InChI is InChI=1S/C8H13NO.C2H6/c10-8(7-3-4-7)9-5-1-2-6-9;1-2/h7H,1-6H2;1-2H3. The van der Waals surface area contributed by atoms with Crippen molar-refractivity contribution in [1.82, 2.24) is 4.90 Å². The smallest absolute Gasteiger partial charge is 0.225 e. The highest BCUT2D eigenvalue weighted by atomic mass is 16.2. The van der Waals surface area contributed by atoms with Crippen LogP contribution in [0, 0.1) is 5.92 Å². The molecule has 0 atom stereocenters. The third kappa shape index (κ3) is 2.23. The van der Waals surface area contributed by atoms with Gasteiger partial charge in [-0.3, -0.25) is 4.79 Å². The van der Waals surface area contributed by atoms with Gasteiger partial charge in [-0.15, -0.1) is 0 Å². The lowest BCUT2D eigenvalue weighted by molar-refractivity contribution is -0.131. The average Bonchev–Trinajstić information content (AvgIpc) is 2.83. The third-order valence-corrected chi connectivity index (χ3v) is 2.34. The van der Waals surface area contributed by atoms with E-state index in [1.54, 1.807) is 0 Å². The first-order valence-corrected chi connectivity index (χ1v) is 5.17. The van der Waals surface area contributed by atoms with Gasteiger partial charge in [0.05, 0.1) is 0 Å². The molecule has 0 bridgehead atoms. The van der Waals surface area contributed by atoms with Crippen LogP contribution in [-0.4, -0.2) is 23.9 Å². The van der Waals surface area contributed by atoms with Crippen molar-refractivity contribution in [2.75, 3.05) is 13.1 Å². The summed E-state index contributed by atoms with van der Waals surface area (Å²) in [5, 5.41) is 0. The molecule has 0 spiro atoms. The molecule has 2 rings (SSSR count). The summed E-state index contributed by atoms with van der Waals surface area (Å²) in [5.41, 5.74) is 0. The maximum absolute atomic E-state index is 11.3. The summed E-state index contributed by atoms with van der Waals surface area (Å²) in [6.07, 6.45) is 4.74. The van der Waals surface area contributed by atoms with Crippen molar-refractivity contribution >= 4 is 5.91 Å². The van der Waals surface area contributed by atoms with Crippen molar-refractivity contribution < 1.29 is 4.79 Å². The third-order valence-electron chi connectivity index (χ3n) is 2.34. The highest BCUT2D eigenvalue weighted by Crippen LogP contribution is 2.31. The second-order valence-electron chi connectivity index (χ2n) is 3.31. The van der Waals surface area contributed by atoms with Gasteiger partial charge in [-0.05, 0) is 25.7 Å². The van der Waals surface area contributed by atoms with E-state index in [1.165, 1.54) is 12.8 Å². The minimum atomic E-state index is 0.428. The summed E-state index contributed by atoms with van der Waals surface area (Å²) in [6, 6.07) is 0. The molecule has 2 heteroatoms. The molecule has 1 heterocycles. The van der Waals surface area contributed by atoms with Gasteiger partial charge < -0.3 is 4.90 Å². The number of carbonyl (C=O) groups excluding carboxylic acids is 1. The summed E-state index contributed by atoms with van der Waals surface area (Å²) in [6.45, 7) is 6.05. The molecule has 2 fully saturated rings. The van der Waals surface area contributed by atoms with Crippen molar-refractivity contribution in [1.29, 1.82) is 0 Å². The van der Waals surface area contributed by atoms with Crippen LogP contribution < -0.4 is 0 Å². The van der Waals surface area contributed by atoms with Crippen LogP contribution in [0.4, 0.5) is 0 Å². The number of amides is 1. The lowest BCUT2D eigenvalue weighted by Gasteiger charge is -2.13. The second kappa shape index (κ2) is 4.48. The molecule has 12 heavy (non-hydrogen) atoms. The van der Waals surface area contributed by atoms with Gasteiger partial charge in [-0.25, -0.2) is 0 Å². The summed E-state index contributed by atoms with van der Waals surface area (Å²) in [5.74, 6) is 0.857. The van der Waals surface area contributed by atoms with E-state index in [2.05, 4.69) is 0 Å². The summed E-state index contributed by atoms with van der Waals surface area (Å²) >= 11 is 0. The first kappa shape index (κ1) is 9.56. The Balaban J connectivity index is 0.000000336. The molecule has 1 saturated heterocycles. The highest BCUT2D eigenvalue weighted by Gasteiger charge is 2.33. The molecular formula is C10H19NO. The fourth-order valence-electron chi connectivity index (χ4n) is 1.53. The molecule has 1 saturated carbocycles. The molecule has 0 N–H and O–H groups in total. The largest absolute Gasteiger partial charge is 0.342 e. The average molecular weight is 169 g/mol. The van der Waals surface area contributed by atoms with Crippen LogP contribution in [0.3, 0.4) is 0 Å². The Morgan fingerprint density at radius 3 is 2.08 bits per heavy atom. The zero-order valence-corrected chi connectivity index (χ0v) is 8.18. The van der Waals surface area contributed by atoms with Crippen LogP contribution in [0.25, 0.3) is 0 Å². The van der Waals surface area contributed by atoms with E-state index in [0.717, 1.165) is 25.9 Å². The first-order valence-electron chi connectivity index (χ1n) is 5.17. The highest BCUT2D eigenvalue weighted by molar-refractivity contribution is 5.81. The van der Waals surface area contributed by atoms with E-state index in [-0.39, 0.29) is 0 Å². The Hall–Kier alpha value is -0.530. The van der Waals surface area contributed by atoms with Gasteiger partial charge in [0, 0.05) is 19.0 Å². The van der Waals surface area contributed by atoms with Crippen LogP contribution in [0.1, 0.15) is 39.5 Å². The van der Waals surface area contributed by atoms with Crippen LogP contribution in [0.2, 0.25) is 0 Å². The normalized spacial score (nSPS) is 21.7. The molecule has 1 aliphatic heterocycles. The number of carbonyl (C=O) groups is 1. The van der Waals surface area contributed by atoms with Gasteiger partial charge in [0.15, 0.2) is 0 Å².